The highest BCUT2D eigenvalue weighted by molar-refractivity contribution is 7.89. The molecule has 1 amide bonds. The van der Waals surface area contributed by atoms with Crippen molar-refractivity contribution >= 4 is 50.5 Å². The lowest BCUT2D eigenvalue weighted by molar-refractivity contribution is -0.123. The fourth-order valence-corrected chi connectivity index (χ4v) is 5.28. The predicted molar refractivity (Wildman–Crippen MR) is 134 cm³/mol. The molecule has 35 heavy (non-hydrogen) atoms. The number of nitrogens with zero attached hydrogens (tertiary/aromatic N) is 1. The van der Waals surface area contributed by atoms with Crippen molar-refractivity contribution < 1.29 is 27.5 Å². The van der Waals surface area contributed by atoms with Crippen LogP contribution in [0.3, 0.4) is 0 Å². The average molecular weight is 521 g/mol. The summed E-state index contributed by atoms with van der Waals surface area (Å²) < 4.78 is 43.1. The molecule has 0 bridgehead atoms. The van der Waals surface area contributed by atoms with Crippen molar-refractivity contribution in [2.45, 2.75) is 43.5 Å². The van der Waals surface area contributed by atoms with Crippen molar-refractivity contribution in [1.29, 1.82) is 0 Å². The minimum absolute atomic E-state index is 0.0549. The Morgan fingerprint density at radius 2 is 1.71 bits per heavy atom. The van der Waals surface area contributed by atoms with Gasteiger partial charge in [0.2, 0.25) is 15.9 Å². The number of fused-ring (bicyclic) bond motifs is 1. The van der Waals surface area contributed by atoms with Gasteiger partial charge >= 0.3 is 0 Å². The summed E-state index contributed by atoms with van der Waals surface area (Å²) in [5.74, 6) is -0.967. The van der Waals surface area contributed by atoms with Gasteiger partial charge in [0.15, 0.2) is 0 Å². The van der Waals surface area contributed by atoms with E-state index >= 15 is 0 Å². The van der Waals surface area contributed by atoms with Gasteiger partial charge in [0, 0.05) is 11.6 Å². The van der Waals surface area contributed by atoms with Crippen LogP contribution in [0.15, 0.2) is 59.5 Å². The highest BCUT2D eigenvalue weighted by Crippen LogP contribution is 2.30. The summed E-state index contributed by atoms with van der Waals surface area (Å²) in [6.45, 7) is 5.92. The van der Waals surface area contributed by atoms with Crippen LogP contribution < -0.4 is 9.62 Å². The van der Waals surface area contributed by atoms with E-state index in [-0.39, 0.29) is 35.4 Å². The Labute approximate surface area is 208 Å². The molecule has 7 nitrogen and oxygen atoms in total. The highest BCUT2D eigenvalue weighted by atomic mass is 35.5. The second kappa shape index (κ2) is 10.3. The number of benzene rings is 3. The maximum atomic E-state index is 14.8. The van der Waals surface area contributed by atoms with Gasteiger partial charge in [0.05, 0.1) is 10.6 Å². The van der Waals surface area contributed by atoms with Crippen LogP contribution in [0.1, 0.15) is 32.8 Å². The quantitative estimate of drug-likeness (QED) is 0.485. The van der Waals surface area contributed by atoms with Crippen LogP contribution in [-0.2, 0) is 25.0 Å². The van der Waals surface area contributed by atoms with E-state index in [1.807, 2.05) is 20.8 Å². The molecule has 1 fully saturated rings. The lowest BCUT2D eigenvalue weighted by Crippen LogP contribution is -2.41. The van der Waals surface area contributed by atoms with E-state index in [9.17, 15) is 17.6 Å². The van der Waals surface area contributed by atoms with Crippen molar-refractivity contribution in [2.24, 2.45) is 0 Å². The molecule has 0 spiro atoms. The zero-order chi connectivity index (χ0) is 26.0. The molecule has 1 heterocycles. The number of nitrogens with one attached hydrogen (secondary N) is 1. The molecule has 0 aromatic heterocycles. The molecule has 1 atom stereocenters. The maximum absolute atomic E-state index is 14.8. The summed E-state index contributed by atoms with van der Waals surface area (Å²) in [5, 5.41) is 8.98. The second-order valence-electron chi connectivity index (χ2n) is 9.13. The Morgan fingerprint density at radius 1 is 1.09 bits per heavy atom. The van der Waals surface area contributed by atoms with E-state index in [4.69, 9.17) is 21.5 Å². The van der Waals surface area contributed by atoms with E-state index in [1.165, 1.54) is 23.1 Å². The molecule has 4 rings (SSSR count). The molecule has 3 aromatic carbocycles. The third-order valence-corrected chi connectivity index (χ3v) is 7.40. The van der Waals surface area contributed by atoms with Crippen LogP contribution in [0, 0.1) is 5.82 Å². The topological polar surface area (TPSA) is 104 Å². The molecule has 1 aliphatic rings. The molecule has 0 saturated carbocycles. The first kappa shape index (κ1) is 26.6. The highest BCUT2D eigenvalue weighted by Gasteiger charge is 2.37. The Bertz CT molecular complexity index is 1370. The average Bonchev–Trinajstić information content (AvgIpc) is 3.12. The molecule has 186 valence electrons. The number of carbonyl (C=O) groups is 2. The third-order valence-electron chi connectivity index (χ3n) is 5.69. The molecule has 0 aliphatic carbocycles. The standard InChI is InChI=1S/C24H24ClFN2O3S.CH2O2/c1-24(2,3)17-6-9-22(20(26)14-17)28-11-10-21(23(28)29)27-32(30,31)19-8-5-15-12-18(25)7-4-16(15)13-19;2-1-3/h4-9,12-14,21,27H,10-11H2,1-3H3;1H,(H,2,3). The smallest absolute Gasteiger partial charge is 0.290 e. The minimum Gasteiger partial charge on any atom is -0.483 e. The fourth-order valence-electron chi connectivity index (χ4n) is 3.84. The number of carbonyl (C=O) groups excluding carboxylic acids is 1. The van der Waals surface area contributed by atoms with Crippen LogP contribution in [0.4, 0.5) is 10.1 Å². The number of anilines is 1. The third kappa shape index (κ3) is 5.98. The first-order chi connectivity index (χ1) is 16.4. The molecular formula is C25H26ClFN2O5S. The van der Waals surface area contributed by atoms with Gasteiger partial charge in [-0.3, -0.25) is 9.59 Å². The largest absolute Gasteiger partial charge is 0.483 e. The monoisotopic (exact) mass is 520 g/mol. The number of halogens is 2. The van der Waals surface area contributed by atoms with Crippen LogP contribution in [0.5, 0.6) is 0 Å². The zero-order valence-electron chi connectivity index (χ0n) is 19.5. The van der Waals surface area contributed by atoms with E-state index in [0.717, 1.165) is 16.3 Å². The summed E-state index contributed by atoms with van der Waals surface area (Å²) in [6.07, 6.45) is 0.252. The summed E-state index contributed by atoms with van der Waals surface area (Å²) in [7, 11) is -3.94. The van der Waals surface area contributed by atoms with Crippen molar-refractivity contribution in [3.05, 3.63) is 71.0 Å². The molecule has 1 saturated heterocycles. The zero-order valence-corrected chi connectivity index (χ0v) is 21.0. The Kier molecular flexibility index (Phi) is 7.83. The molecule has 2 N–H and O–H groups in total. The van der Waals surface area contributed by atoms with Crippen molar-refractivity contribution in [1.82, 2.24) is 4.72 Å². The van der Waals surface area contributed by atoms with Crippen LogP contribution >= 0.6 is 11.6 Å². The SMILES string of the molecule is CC(C)(C)c1ccc(N2CCC(NS(=O)(=O)c3ccc4cc(Cl)ccc4c3)C2=O)c(F)c1.O=CO. The molecule has 0 radical (unpaired) electrons. The van der Waals surface area contributed by atoms with Crippen LogP contribution in [0.2, 0.25) is 5.02 Å². The minimum atomic E-state index is -3.94. The normalized spacial score (nSPS) is 16.2. The maximum Gasteiger partial charge on any atom is 0.290 e. The van der Waals surface area contributed by atoms with Gasteiger partial charge < -0.3 is 10.0 Å². The number of carboxylic acid groups (broad SMARTS) is 1. The Morgan fingerprint density at radius 3 is 2.34 bits per heavy atom. The van der Waals surface area contributed by atoms with Gasteiger partial charge in [-0.15, -0.1) is 0 Å². The lowest BCUT2D eigenvalue weighted by atomic mass is 9.87. The predicted octanol–water partition coefficient (Wildman–Crippen LogP) is 4.71. The Balaban J connectivity index is 0.00000108. The van der Waals surface area contributed by atoms with E-state index in [1.54, 1.807) is 36.4 Å². The molecule has 10 heteroatoms. The van der Waals surface area contributed by atoms with E-state index in [2.05, 4.69) is 4.72 Å². The number of rotatable bonds is 4. The number of amides is 1. The number of hydrogen-bond acceptors (Lipinski definition) is 4. The molecular weight excluding hydrogens is 495 g/mol. The second-order valence-corrected chi connectivity index (χ2v) is 11.3. The Hall–Kier alpha value is -3.01. The van der Waals surface area contributed by atoms with Crippen molar-refractivity contribution in [3.63, 3.8) is 0 Å². The lowest BCUT2D eigenvalue weighted by Gasteiger charge is -2.22. The van der Waals surface area contributed by atoms with Gasteiger partial charge in [0.25, 0.3) is 6.47 Å². The van der Waals surface area contributed by atoms with Gasteiger partial charge in [-0.05, 0) is 64.6 Å². The summed E-state index contributed by atoms with van der Waals surface area (Å²) in [5.41, 5.74) is 0.755. The van der Waals surface area contributed by atoms with Crippen LogP contribution in [-0.4, -0.2) is 38.5 Å². The summed E-state index contributed by atoms with van der Waals surface area (Å²) >= 11 is 5.98. The fraction of sp³-hybridized carbons (Fsp3) is 0.280. The van der Waals surface area contributed by atoms with E-state index < -0.39 is 27.8 Å². The van der Waals surface area contributed by atoms with Crippen molar-refractivity contribution in [2.75, 3.05) is 11.4 Å². The van der Waals surface area contributed by atoms with Gasteiger partial charge in [-0.25, -0.2) is 12.8 Å². The first-order valence-corrected chi connectivity index (χ1v) is 12.6. The van der Waals surface area contributed by atoms with Gasteiger partial charge in [0.1, 0.15) is 11.9 Å². The first-order valence-electron chi connectivity index (χ1n) is 10.8. The molecule has 3 aromatic rings. The molecule has 1 unspecified atom stereocenters. The van der Waals surface area contributed by atoms with Gasteiger partial charge in [-0.1, -0.05) is 50.6 Å². The van der Waals surface area contributed by atoms with Crippen molar-refractivity contribution in [3.8, 4) is 0 Å². The van der Waals surface area contributed by atoms with E-state index in [0.29, 0.717) is 5.02 Å². The number of hydrogen-bond donors (Lipinski definition) is 2. The van der Waals surface area contributed by atoms with Crippen LogP contribution in [0.25, 0.3) is 10.8 Å². The van der Waals surface area contributed by atoms with Gasteiger partial charge in [-0.2, -0.15) is 4.72 Å². The summed E-state index contributed by atoms with van der Waals surface area (Å²) in [4.78, 5) is 22.6. The number of sulfonamides is 1. The molecule has 1 aliphatic heterocycles. The summed E-state index contributed by atoms with van der Waals surface area (Å²) in [6, 6.07) is 13.7.